The number of nitrogens with two attached hydrogens (primary N) is 2. The summed E-state index contributed by atoms with van der Waals surface area (Å²) in [6.45, 7) is -0.534. The van der Waals surface area contributed by atoms with Gasteiger partial charge in [0.25, 0.3) is 0 Å². The summed E-state index contributed by atoms with van der Waals surface area (Å²) in [4.78, 5) is 11.9. The molecule has 0 spiro atoms. The molecule has 2 aromatic heterocycles. The zero-order valence-electron chi connectivity index (χ0n) is 12.0. The number of fused-ring (bicyclic) bond motifs is 1. The maximum atomic E-state index is 10.0. The Balaban J connectivity index is 2.03. The van der Waals surface area contributed by atoms with E-state index in [4.69, 9.17) is 16.2 Å². The molecule has 11 heteroatoms. The first-order valence-electron chi connectivity index (χ1n) is 6.98. The van der Waals surface area contributed by atoms with Crippen molar-refractivity contribution in [2.75, 3.05) is 18.1 Å². The molecule has 0 aliphatic carbocycles. The highest BCUT2D eigenvalue weighted by Gasteiger charge is 2.39. The van der Waals surface area contributed by atoms with Crippen LogP contribution in [0.4, 0.5) is 11.8 Å². The molecule has 1 aliphatic rings. The molecule has 1 aliphatic heterocycles. The third-order valence-electron chi connectivity index (χ3n) is 3.86. The molecule has 0 amide bonds. The van der Waals surface area contributed by atoms with Gasteiger partial charge in [0, 0.05) is 6.42 Å². The predicted molar refractivity (Wildman–Crippen MR) is 77.8 cm³/mol. The molecule has 1 fully saturated rings. The molecule has 3 heterocycles. The first kappa shape index (κ1) is 15.8. The third-order valence-corrected chi connectivity index (χ3v) is 3.86. The lowest BCUT2D eigenvalue weighted by molar-refractivity contribution is -0.130. The van der Waals surface area contributed by atoms with Crippen molar-refractivity contribution in [3.63, 3.8) is 0 Å². The van der Waals surface area contributed by atoms with Crippen LogP contribution < -0.4 is 11.5 Å². The molecule has 0 bridgehead atoms. The van der Waals surface area contributed by atoms with Crippen molar-refractivity contribution >= 4 is 22.9 Å². The van der Waals surface area contributed by atoms with Gasteiger partial charge in [0.05, 0.1) is 19.0 Å². The molecular formula is C12H18N6O5. The quantitative estimate of drug-likeness (QED) is 0.340. The summed E-state index contributed by atoms with van der Waals surface area (Å²) < 4.78 is 7.07. The predicted octanol–water partition coefficient (Wildman–Crippen LogP) is -2.65. The molecule has 1 saturated heterocycles. The molecule has 5 atom stereocenters. The molecule has 0 aromatic carbocycles. The zero-order valence-corrected chi connectivity index (χ0v) is 12.0. The average molecular weight is 326 g/mol. The Morgan fingerprint density at radius 3 is 2.65 bits per heavy atom. The van der Waals surface area contributed by atoms with Crippen LogP contribution in [0.3, 0.4) is 0 Å². The fraction of sp³-hybridized carbons (Fsp3) is 0.583. The third kappa shape index (κ3) is 2.68. The number of aromatic nitrogens is 4. The largest absolute Gasteiger partial charge is 0.394 e. The second-order valence-corrected chi connectivity index (χ2v) is 5.39. The minimum atomic E-state index is -1.45. The number of aliphatic hydroxyl groups excluding tert-OH is 4. The summed E-state index contributed by atoms with van der Waals surface area (Å²) in [5.41, 5.74) is 11.9. The van der Waals surface area contributed by atoms with Gasteiger partial charge in [-0.05, 0) is 0 Å². The maximum Gasteiger partial charge on any atom is 0.224 e. The molecule has 11 nitrogen and oxygen atoms in total. The Labute approximate surface area is 130 Å². The number of rotatable bonds is 2. The molecule has 0 radical (unpaired) electrons. The fourth-order valence-electron chi connectivity index (χ4n) is 2.63. The lowest BCUT2D eigenvalue weighted by Gasteiger charge is -2.24. The number of hydrogen-bond acceptors (Lipinski definition) is 10. The second kappa shape index (κ2) is 5.86. The average Bonchev–Trinajstić information content (AvgIpc) is 2.89. The highest BCUT2D eigenvalue weighted by Crippen LogP contribution is 2.30. The smallest absolute Gasteiger partial charge is 0.224 e. The first-order chi connectivity index (χ1) is 10.9. The van der Waals surface area contributed by atoms with Crippen LogP contribution in [0.25, 0.3) is 11.2 Å². The van der Waals surface area contributed by atoms with E-state index in [-0.39, 0.29) is 23.8 Å². The van der Waals surface area contributed by atoms with Crippen molar-refractivity contribution in [3.05, 3.63) is 6.33 Å². The first-order valence-corrected chi connectivity index (χ1v) is 6.98. The lowest BCUT2D eigenvalue weighted by Crippen LogP contribution is -2.44. The Bertz CT molecular complexity index is 709. The monoisotopic (exact) mass is 326 g/mol. The summed E-state index contributed by atoms with van der Waals surface area (Å²) in [5, 5.41) is 39.1. The van der Waals surface area contributed by atoms with Crippen molar-refractivity contribution in [3.8, 4) is 0 Å². The number of nitrogens with zero attached hydrogens (tertiary/aromatic N) is 4. The molecular weight excluding hydrogens is 308 g/mol. The summed E-state index contributed by atoms with van der Waals surface area (Å²) in [6.07, 6.45) is -4.74. The normalized spacial score (nSPS) is 32.1. The van der Waals surface area contributed by atoms with E-state index in [0.717, 1.165) is 0 Å². The van der Waals surface area contributed by atoms with Crippen LogP contribution in [-0.2, 0) is 4.74 Å². The van der Waals surface area contributed by atoms with Gasteiger partial charge < -0.3 is 36.6 Å². The van der Waals surface area contributed by atoms with E-state index < -0.39 is 37.3 Å². The van der Waals surface area contributed by atoms with E-state index in [9.17, 15) is 20.4 Å². The van der Waals surface area contributed by atoms with Gasteiger partial charge in [-0.3, -0.25) is 4.57 Å². The van der Waals surface area contributed by atoms with Crippen molar-refractivity contribution in [1.29, 1.82) is 0 Å². The molecule has 126 valence electrons. The molecule has 8 N–H and O–H groups in total. The van der Waals surface area contributed by atoms with Crippen LogP contribution in [0.2, 0.25) is 0 Å². The molecule has 23 heavy (non-hydrogen) atoms. The Hall–Kier alpha value is -2.05. The zero-order chi connectivity index (χ0) is 16.7. The van der Waals surface area contributed by atoms with Gasteiger partial charge in [0.15, 0.2) is 11.5 Å². The summed E-state index contributed by atoms with van der Waals surface area (Å²) in [5.74, 6) is 0.0453. The maximum absolute atomic E-state index is 10.0. The molecule has 2 aromatic rings. The number of ether oxygens (including phenoxy) is 1. The van der Waals surface area contributed by atoms with E-state index >= 15 is 0 Å². The number of aliphatic hydroxyl groups is 4. The van der Waals surface area contributed by atoms with E-state index in [1.807, 2.05) is 0 Å². The molecule has 2 unspecified atom stereocenters. The highest BCUT2D eigenvalue weighted by molar-refractivity contribution is 5.82. The number of anilines is 2. The van der Waals surface area contributed by atoms with Crippen LogP contribution in [0.5, 0.6) is 0 Å². The topological polar surface area (TPSA) is 186 Å². The van der Waals surface area contributed by atoms with Gasteiger partial charge in [-0.25, -0.2) is 4.98 Å². The molecule has 0 saturated carbocycles. The van der Waals surface area contributed by atoms with Gasteiger partial charge in [0.2, 0.25) is 5.95 Å². The Kier molecular flexibility index (Phi) is 4.04. The van der Waals surface area contributed by atoms with Gasteiger partial charge in [-0.2, -0.15) is 9.97 Å². The minimum Gasteiger partial charge on any atom is -0.394 e. The van der Waals surface area contributed by atoms with Crippen LogP contribution in [0.15, 0.2) is 6.33 Å². The standard InChI is InChI=1S/C12H18N6O5/c13-10-7-11(17-12(14)16-10)18(3-15-7)6-1-4(20)8(21)9(22)5(2-19)23-6/h3-6,8-9,19-22H,1-2H2,(H4,13,14,16,17)/t4-,5?,6+,8?,9-/m0/s1. The van der Waals surface area contributed by atoms with E-state index in [1.165, 1.54) is 10.9 Å². The van der Waals surface area contributed by atoms with Crippen LogP contribution >= 0.6 is 0 Å². The van der Waals surface area contributed by atoms with Gasteiger partial charge in [0.1, 0.15) is 30.1 Å². The van der Waals surface area contributed by atoms with Crippen molar-refractivity contribution in [2.45, 2.75) is 37.1 Å². The van der Waals surface area contributed by atoms with E-state index in [0.29, 0.717) is 5.52 Å². The number of hydrogen-bond donors (Lipinski definition) is 6. The van der Waals surface area contributed by atoms with Gasteiger partial charge in [-0.1, -0.05) is 0 Å². The SMILES string of the molecule is Nc1nc(N)c2ncn([C@H]3C[C@H](O)C(O)[C@@H](O)C(CO)O3)c2n1. The van der Waals surface area contributed by atoms with Crippen LogP contribution in [-0.4, -0.2) is 71.0 Å². The highest BCUT2D eigenvalue weighted by atomic mass is 16.5. The summed E-state index contributed by atoms with van der Waals surface area (Å²) in [7, 11) is 0. The van der Waals surface area contributed by atoms with Gasteiger partial charge in [-0.15, -0.1) is 0 Å². The Morgan fingerprint density at radius 2 is 1.96 bits per heavy atom. The van der Waals surface area contributed by atoms with Crippen molar-refractivity contribution in [2.24, 2.45) is 0 Å². The van der Waals surface area contributed by atoms with Crippen molar-refractivity contribution in [1.82, 2.24) is 19.5 Å². The molecule has 3 rings (SSSR count). The van der Waals surface area contributed by atoms with Crippen molar-refractivity contribution < 1.29 is 25.2 Å². The van der Waals surface area contributed by atoms with Crippen LogP contribution in [0, 0.1) is 0 Å². The van der Waals surface area contributed by atoms with E-state index in [1.54, 1.807) is 0 Å². The van der Waals surface area contributed by atoms with E-state index in [2.05, 4.69) is 15.0 Å². The second-order valence-electron chi connectivity index (χ2n) is 5.39. The number of nitrogen functional groups attached to an aromatic ring is 2. The summed E-state index contributed by atoms with van der Waals surface area (Å²) in [6, 6.07) is 0. The minimum absolute atomic E-state index is 0.0512. The fourth-order valence-corrected chi connectivity index (χ4v) is 2.63. The summed E-state index contributed by atoms with van der Waals surface area (Å²) >= 11 is 0. The van der Waals surface area contributed by atoms with Gasteiger partial charge >= 0.3 is 0 Å². The van der Waals surface area contributed by atoms with Crippen LogP contribution in [0.1, 0.15) is 12.6 Å². The Morgan fingerprint density at radius 1 is 1.22 bits per heavy atom. The number of imidazole rings is 1. The lowest BCUT2D eigenvalue weighted by atomic mass is 10.0.